The Balaban J connectivity index is 1.66. The second-order valence-electron chi connectivity index (χ2n) is 18.6. The van der Waals surface area contributed by atoms with E-state index in [9.17, 15) is 0 Å². The van der Waals surface area contributed by atoms with Gasteiger partial charge in [0.1, 0.15) is 0 Å². The molecule has 51 heavy (non-hydrogen) atoms. The second-order valence-corrected chi connectivity index (χ2v) is 18.6. The number of aryl methyl sites for hydroxylation is 1. The molecule has 6 heteroatoms. The first-order valence-corrected chi connectivity index (χ1v) is 18.4. The van der Waals surface area contributed by atoms with Gasteiger partial charge in [-0.1, -0.05) is 119 Å². The first kappa shape index (κ1) is 34.6. The molecule has 0 amide bonds. The Bertz CT molecular complexity index is 2310. The number of nitrogens with one attached hydrogen (secondary N) is 3. The van der Waals surface area contributed by atoms with Crippen molar-refractivity contribution in [3.8, 4) is 11.4 Å². The number of aromatic amines is 3. The van der Waals surface area contributed by atoms with Gasteiger partial charge in [-0.25, -0.2) is 0 Å². The van der Waals surface area contributed by atoms with E-state index >= 15 is 0 Å². The van der Waals surface area contributed by atoms with Gasteiger partial charge < -0.3 is 19.5 Å². The molecule has 0 aliphatic rings. The van der Waals surface area contributed by atoms with E-state index in [0.717, 1.165) is 56.0 Å². The zero-order valence-corrected chi connectivity index (χ0v) is 32.9. The third-order valence-electron chi connectivity index (χ3n) is 10.5. The molecule has 4 aromatic carbocycles. The van der Waals surface area contributed by atoms with Crippen molar-refractivity contribution in [2.24, 2.45) is 7.05 Å². The quantitative estimate of drug-likeness (QED) is 0.152. The number of hydrogen-bond donors (Lipinski definition) is 3. The molecule has 0 bridgehead atoms. The topological polar surface area (TPSA) is 62.2 Å². The van der Waals surface area contributed by atoms with E-state index in [1.165, 1.54) is 22.3 Å². The van der Waals surface area contributed by atoms with Gasteiger partial charge >= 0.3 is 0 Å². The minimum absolute atomic E-state index is 0.00425. The summed E-state index contributed by atoms with van der Waals surface area (Å²) in [6.45, 7) is 27.3. The highest BCUT2D eigenvalue weighted by Crippen LogP contribution is 2.34. The highest BCUT2D eigenvalue weighted by molar-refractivity contribution is 5.93. The average Bonchev–Trinajstić information content (AvgIpc) is 3.05. The van der Waals surface area contributed by atoms with Gasteiger partial charge in [0.2, 0.25) is 0 Å². The van der Waals surface area contributed by atoms with Crippen LogP contribution in [0.4, 0.5) is 0 Å². The standard InChI is InChI=1S/C45H56N6/c1-42(2,3)28-14-20-32(21-15-28)50-36-26-30(44(7,8)9)18-24-34(36)46-38-40(50)48-41-39(49(38)13)47-35-25-19-31(45(10,11)12)27-37(35)51(41)33-22-16-29(17-23-33)43(4,5)6/h14-27,46-48H,1-13H3. The van der Waals surface area contributed by atoms with Crippen molar-refractivity contribution in [1.29, 1.82) is 0 Å². The summed E-state index contributed by atoms with van der Waals surface area (Å²) >= 11 is 0. The van der Waals surface area contributed by atoms with E-state index in [0.29, 0.717) is 0 Å². The summed E-state index contributed by atoms with van der Waals surface area (Å²) in [6, 6.07) is 31.8. The second kappa shape index (κ2) is 11.6. The molecule has 0 unspecified atom stereocenters. The van der Waals surface area contributed by atoms with Crippen LogP contribution in [0.15, 0.2) is 84.9 Å². The van der Waals surface area contributed by atoms with Crippen LogP contribution < -0.4 is 0 Å². The van der Waals surface area contributed by atoms with E-state index < -0.39 is 0 Å². The lowest BCUT2D eigenvalue weighted by atomic mass is 9.86. The van der Waals surface area contributed by atoms with E-state index in [1.54, 1.807) is 0 Å². The summed E-state index contributed by atoms with van der Waals surface area (Å²) in [6.07, 6.45) is 0. The van der Waals surface area contributed by atoms with Gasteiger partial charge in [0.05, 0.1) is 22.1 Å². The highest BCUT2D eigenvalue weighted by atomic mass is 15.2. The summed E-state index contributed by atoms with van der Waals surface area (Å²) in [5, 5.41) is 0. The maximum absolute atomic E-state index is 4.02. The van der Waals surface area contributed by atoms with Crippen molar-refractivity contribution < 1.29 is 0 Å². The van der Waals surface area contributed by atoms with Crippen LogP contribution in [0.2, 0.25) is 0 Å². The van der Waals surface area contributed by atoms with Gasteiger partial charge in [-0.3, -0.25) is 9.13 Å². The van der Waals surface area contributed by atoms with Gasteiger partial charge in [-0.15, -0.1) is 0 Å². The van der Waals surface area contributed by atoms with E-state index in [2.05, 4.69) is 204 Å². The number of benzene rings is 4. The third-order valence-corrected chi connectivity index (χ3v) is 10.5. The molecule has 0 saturated heterocycles. The van der Waals surface area contributed by atoms with Gasteiger partial charge in [0, 0.05) is 18.4 Å². The molecule has 0 atom stereocenters. The average molecular weight is 681 g/mol. The Morgan fingerprint density at radius 3 is 1.00 bits per heavy atom. The Morgan fingerprint density at radius 2 is 0.686 bits per heavy atom. The van der Waals surface area contributed by atoms with Crippen LogP contribution in [0.5, 0.6) is 0 Å². The lowest BCUT2D eigenvalue weighted by molar-refractivity contribution is 0.589. The number of H-pyrrole nitrogens is 3. The van der Waals surface area contributed by atoms with Crippen LogP contribution in [0.25, 0.3) is 56.0 Å². The summed E-state index contributed by atoms with van der Waals surface area (Å²) in [5.74, 6) is 0. The highest BCUT2D eigenvalue weighted by Gasteiger charge is 2.22. The monoisotopic (exact) mass is 680 g/mol. The molecule has 0 aliphatic heterocycles. The minimum atomic E-state index is -0.00425. The molecule has 0 radical (unpaired) electrons. The van der Waals surface area contributed by atoms with E-state index in [1.807, 2.05) is 0 Å². The van der Waals surface area contributed by atoms with Crippen LogP contribution >= 0.6 is 0 Å². The zero-order valence-electron chi connectivity index (χ0n) is 32.9. The number of hydrogen-bond acceptors (Lipinski definition) is 0. The number of nitrogens with zero attached hydrogens (tertiary/aromatic N) is 3. The summed E-state index contributed by atoms with van der Waals surface area (Å²) in [4.78, 5) is 11.7. The first-order valence-electron chi connectivity index (χ1n) is 18.4. The van der Waals surface area contributed by atoms with Crippen molar-refractivity contribution in [3.63, 3.8) is 0 Å². The molecular formula is C45H56N6. The van der Waals surface area contributed by atoms with Gasteiger partial charge in [-0.2, -0.15) is 0 Å². The predicted molar refractivity (Wildman–Crippen MR) is 218 cm³/mol. The fraction of sp³-hybridized carbons (Fsp3) is 0.378. The molecule has 3 aromatic heterocycles. The van der Waals surface area contributed by atoms with Crippen LogP contribution in [0.3, 0.4) is 0 Å². The molecule has 3 N–H and O–H groups in total. The predicted octanol–water partition coefficient (Wildman–Crippen LogP) is 12.1. The van der Waals surface area contributed by atoms with Crippen molar-refractivity contribution in [2.45, 2.75) is 105 Å². The van der Waals surface area contributed by atoms with Crippen molar-refractivity contribution in [3.05, 3.63) is 107 Å². The van der Waals surface area contributed by atoms with Crippen LogP contribution in [-0.2, 0) is 28.7 Å². The molecular weight excluding hydrogens is 625 g/mol. The van der Waals surface area contributed by atoms with Crippen molar-refractivity contribution in [2.75, 3.05) is 0 Å². The third kappa shape index (κ3) is 6.13. The Labute approximate surface area is 302 Å². The lowest BCUT2D eigenvalue weighted by Crippen LogP contribution is -2.16. The maximum atomic E-state index is 4.02. The summed E-state index contributed by atoms with van der Waals surface area (Å²) in [5.41, 5.74) is 15.8. The summed E-state index contributed by atoms with van der Waals surface area (Å²) in [7, 11) is 2.15. The smallest absolute Gasteiger partial charge is 0.159 e. The molecule has 3 heterocycles. The fourth-order valence-electron chi connectivity index (χ4n) is 7.10. The van der Waals surface area contributed by atoms with Gasteiger partial charge in [0.25, 0.3) is 0 Å². The molecule has 0 fully saturated rings. The zero-order chi connectivity index (χ0) is 36.8. The summed E-state index contributed by atoms with van der Waals surface area (Å²) < 4.78 is 7.05. The minimum Gasteiger partial charge on any atom is -0.337 e. The first-order chi connectivity index (χ1) is 23.7. The molecule has 0 spiro atoms. The van der Waals surface area contributed by atoms with Crippen molar-refractivity contribution in [1.82, 2.24) is 28.7 Å². The van der Waals surface area contributed by atoms with E-state index in [-0.39, 0.29) is 21.7 Å². The Hall–Kier alpha value is -4.84. The normalized spacial score (nSPS) is 13.2. The van der Waals surface area contributed by atoms with Gasteiger partial charge in [-0.05, 0) is 92.4 Å². The molecule has 6 nitrogen and oxygen atoms in total. The molecule has 7 aromatic rings. The lowest BCUT2D eigenvalue weighted by Gasteiger charge is -2.26. The number of fused-ring (bicyclic) bond motifs is 4. The van der Waals surface area contributed by atoms with Crippen LogP contribution in [0.1, 0.15) is 105 Å². The van der Waals surface area contributed by atoms with Gasteiger partial charge in [0.15, 0.2) is 22.6 Å². The molecule has 0 aliphatic carbocycles. The Morgan fingerprint density at radius 1 is 0.373 bits per heavy atom. The van der Waals surface area contributed by atoms with Crippen molar-refractivity contribution >= 4 is 44.7 Å². The molecule has 0 saturated carbocycles. The Kier molecular flexibility index (Phi) is 7.87. The largest absolute Gasteiger partial charge is 0.337 e. The van der Waals surface area contributed by atoms with Crippen LogP contribution in [0, 0.1) is 0 Å². The molecule has 266 valence electrons. The molecule has 7 rings (SSSR count). The number of rotatable bonds is 2. The SMILES string of the molecule is Cn1c2[nH]c3ccc(C(C)(C)C)cc3n(-c3ccc(C(C)(C)C)cc3)c2[nH]c2c1[nH]c1ccc(C(C)(C)C)cc1n2-c1ccc(C(C)(C)C)cc1. The van der Waals surface area contributed by atoms with E-state index in [4.69, 9.17) is 0 Å². The fourth-order valence-corrected chi connectivity index (χ4v) is 7.10. The number of aromatic nitrogens is 6. The maximum Gasteiger partial charge on any atom is 0.159 e. The van der Waals surface area contributed by atoms with Crippen LogP contribution in [-0.4, -0.2) is 28.7 Å².